The van der Waals surface area contributed by atoms with Crippen molar-refractivity contribution in [3.63, 3.8) is 0 Å². The number of methoxy groups -OCH3 is 1. The molecule has 0 fully saturated rings. The quantitative estimate of drug-likeness (QED) is 0.449. The molecule has 0 amide bonds. The predicted molar refractivity (Wildman–Crippen MR) is 136 cm³/mol. The van der Waals surface area contributed by atoms with E-state index in [2.05, 4.69) is 4.99 Å². The van der Waals surface area contributed by atoms with Gasteiger partial charge in [0.15, 0.2) is 16.3 Å². The number of hydrogen-bond donors (Lipinski definition) is 0. The van der Waals surface area contributed by atoms with Gasteiger partial charge in [-0.25, -0.2) is 9.79 Å². The van der Waals surface area contributed by atoms with Crippen LogP contribution in [0.2, 0.25) is 5.02 Å². The maximum atomic E-state index is 13.7. The lowest BCUT2D eigenvalue weighted by atomic mass is 9.95. The summed E-state index contributed by atoms with van der Waals surface area (Å²) in [6, 6.07) is 11.9. The van der Waals surface area contributed by atoms with Crippen LogP contribution in [-0.2, 0) is 9.53 Å². The highest BCUT2D eigenvalue weighted by Gasteiger charge is 2.34. The molecular formula is C26H25ClN2O5S. The minimum absolute atomic E-state index is 0.200. The van der Waals surface area contributed by atoms with E-state index in [0.29, 0.717) is 49.3 Å². The Morgan fingerprint density at radius 2 is 1.94 bits per heavy atom. The number of carbonyl (C=O) groups excluding carboxylic acids is 1. The summed E-state index contributed by atoms with van der Waals surface area (Å²) in [7, 11) is 1.56. The van der Waals surface area contributed by atoms with Crippen molar-refractivity contribution in [1.82, 2.24) is 4.57 Å². The molecule has 0 N–H and O–H groups in total. The Morgan fingerprint density at radius 3 is 2.63 bits per heavy atom. The molecule has 1 aliphatic heterocycles. The summed E-state index contributed by atoms with van der Waals surface area (Å²) in [5, 5.41) is 0.537. The Balaban J connectivity index is 1.98. The summed E-state index contributed by atoms with van der Waals surface area (Å²) < 4.78 is 18.5. The van der Waals surface area contributed by atoms with Gasteiger partial charge >= 0.3 is 5.97 Å². The van der Waals surface area contributed by atoms with Crippen molar-refractivity contribution in [2.24, 2.45) is 4.99 Å². The molecule has 0 radical (unpaired) electrons. The zero-order valence-electron chi connectivity index (χ0n) is 19.8. The molecule has 0 spiro atoms. The number of carbonyl (C=O) groups is 1. The number of aromatic nitrogens is 1. The number of esters is 1. The van der Waals surface area contributed by atoms with E-state index in [4.69, 9.17) is 25.8 Å². The number of benzene rings is 2. The third-order valence-corrected chi connectivity index (χ3v) is 6.84. The van der Waals surface area contributed by atoms with E-state index in [1.165, 1.54) is 15.9 Å². The van der Waals surface area contributed by atoms with Gasteiger partial charge in [0.2, 0.25) is 0 Å². The maximum Gasteiger partial charge on any atom is 0.338 e. The van der Waals surface area contributed by atoms with E-state index in [1.807, 2.05) is 31.2 Å². The number of ether oxygens (including phenoxy) is 3. The van der Waals surface area contributed by atoms with Gasteiger partial charge in [0.25, 0.3) is 5.56 Å². The topological polar surface area (TPSA) is 79.1 Å². The normalized spacial score (nSPS) is 15.5. The molecule has 0 bridgehead atoms. The molecule has 182 valence electrons. The van der Waals surface area contributed by atoms with Crippen molar-refractivity contribution >= 4 is 35.0 Å². The number of hydrogen-bond acceptors (Lipinski definition) is 7. The second-order valence-electron chi connectivity index (χ2n) is 7.67. The monoisotopic (exact) mass is 512 g/mol. The fourth-order valence-electron chi connectivity index (χ4n) is 3.97. The van der Waals surface area contributed by atoms with Gasteiger partial charge in [-0.15, -0.1) is 0 Å². The van der Waals surface area contributed by atoms with Gasteiger partial charge in [-0.1, -0.05) is 47.2 Å². The largest absolute Gasteiger partial charge is 0.493 e. The molecule has 1 aliphatic rings. The number of nitrogens with zero attached hydrogens (tertiary/aromatic N) is 2. The predicted octanol–water partition coefficient (Wildman–Crippen LogP) is 3.86. The molecule has 35 heavy (non-hydrogen) atoms. The molecule has 4 rings (SSSR count). The van der Waals surface area contributed by atoms with Gasteiger partial charge in [-0.05, 0) is 56.2 Å². The van der Waals surface area contributed by atoms with Crippen molar-refractivity contribution in [1.29, 1.82) is 0 Å². The van der Waals surface area contributed by atoms with E-state index >= 15 is 0 Å². The number of allylic oxidation sites excluding steroid dienone is 1. The summed E-state index contributed by atoms with van der Waals surface area (Å²) in [6.45, 7) is 5.99. The van der Waals surface area contributed by atoms with E-state index in [9.17, 15) is 9.59 Å². The summed E-state index contributed by atoms with van der Waals surface area (Å²) in [5.41, 5.74) is 1.92. The van der Waals surface area contributed by atoms with Gasteiger partial charge < -0.3 is 14.2 Å². The highest BCUT2D eigenvalue weighted by atomic mass is 35.5. The summed E-state index contributed by atoms with van der Waals surface area (Å²) >= 11 is 7.57. The fraction of sp³-hybridized carbons (Fsp3) is 0.269. The van der Waals surface area contributed by atoms with E-state index in [-0.39, 0.29) is 12.2 Å². The number of rotatable bonds is 7. The van der Waals surface area contributed by atoms with Gasteiger partial charge in [-0.2, -0.15) is 0 Å². The lowest BCUT2D eigenvalue weighted by molar-refractivity contribution is -0.139. The van der Waals surface area contributed by atoms with Crippen LogP contribution in [0.15, 0.2) is 63.5 Å². The average Bonchev–Trinajstić information content (AvgIpc) is 3.14. The molecular weight excluding hydrogens is 488 g/mol. The maximum absolute atomic E-state index is 13.7. The molecule has 9 heteroatoms. The molecule has 0 unspecified atom stereocenters. The van der Waals surface area contributed by atoms with Crippen LogP contribution in [0.1, 0.15) is 37.9 Å². The Bertz CT molecular complexity index is 1490. The van der Waals surface area contributed by atoms with Gasteiger partial charge in [-0.3, -0.25) is 9.36 Å². The van der Waals surface area contributed by atoms with Crippen LogP contribution in [0.25, 0.3) is 6.08 Å². The first kappa shape index (κ1) is 24.8. The molecule has 0 saturated carbocycles. The van der Waals surface area contributed by atoms with E-state index in [1.54, 1.807) is 45.2 Å². The van der Waals surface area contributed by atoms with E-state index in [0.717, 1.165) is 5.56 Å². The third kappa shape index (κ3) is 4.76. The zero-order chi connectivity index (χ0) is 25.1. The standard InChI is InChI=1S/C26H25ClN2O5S/c1-5-33-20-13-17(11-12-19(20)32-4)23-22(25(31)34-6-2)15(3)28-26-29(23)24(30)21(35-26)14-16-9-7-8-10-18(16)27/h7-14,23H,5-6H2,1-4H3/t23-/m0/s1. The molecule has 2 aromatic carbocycles. The smallest absolute Gasteiger partial charge is 0.338 e. The van der Waals surface area contributed by atoms with Crippen LogP contribution in [0.5, 0.6) is 11.5 Å². The van der Waals surface area contributed by atoms with Crippen molar-refractivity contribution in [3.8, 4) is 11.5 Å². The second kappa shape index (κ2) is 10.5. The molecule has 3 aromatic rings. The van der Waals surface area contributed by atoms with Crippen LogP contribution < -0.4 is 24.4 Å². The van der Waals surface area contributed by atoms with E-state index < -0.39 is 12.0 Å². The SMILES string of the molecule is CCOC(=O)C1=C(C)N=c2sc(=Cc3ccccc3Cl)c(=O)n2[C@H]1c1ccc(OC)c(OCC)c1. The number of fused-ring (bicyclic) bond motifs is 1. The summed E-state index contributed by atoms with van der Waals surface area (Å²) in [4.78, 5) is 31.8. The third-order valence-electron chi connectivity index (χ3n) is 5.51. The molecule has 7 nitrogen and oxygen atoms in total. The lowest BCUT2D eigenvalue weighted by Crippen LogP contribution is -2.40. The fourth-order valence-corrected chi connectivity index (χ4v) is 5.20. The number of halogens is 1. The van der Waals surface area contributed by atoms with Crippen LogP contribution in [0.3, 0.4) is 0 Å². The Hall–Kier alpha value is -3.36. The molecule has 2 heterocycles. The van der Waals surface area contributed by atoms with Crippen LogP contribution >= 0.6 is 22.9 Å². The van der Waals surface area contributed by atoms with Crippen molar-refractivity contribution in [2.75, 3.05) is 20.3 Å². The minimum Gasteiger partial charge on any atom is -0.493 e. The van der Waals surface area contributed by atoms with Gasteiger partial charge in [0, 0.05) is 5.02 Å². The zero-order valence-corrected chi connectivity index (χ0v) is 21.4. The van der Waals surface area contributed by atoms with Crippen LogP contribution in [0, 0.1) is 0 Å². The first-order chi connectivity index (χ1) is 16.9. The Morgan fingerprint density at radius 1 is 1.17 bits per heavy atom. The molecule has 1 atom stereocenters. The summed E-state index contributed by atoms with van der Waals surface area (Å²) in [5.74, 6) is 0.552. The van der Waals surface area contributed by atoms with Crippen LogP contribution in [-0.4, -0.2) is 30.9 Å². The molecule has 0 aliphatic carbocycles. The van der Waals surface area contributed by atoms with Crippen molar-refractivity contribution in [2.45, 2.75) is 26.8 Å². The van der Waals surface area contributed by atoms with Crippen molar-refractivity contribution in [3.05, 3.63) is 89.6 Å². The van der Waals surface area contributed by atoms with Crippen LogP contribution in [0.4, 0.5) is 0 Å². The number of thiazole rings is 1. The lowest BCUT2D eigenvalue weighted by Gasteiger charge is -2.25. The first-order valence-corrected chi connectivity index (χ1v) is 12.3. The van der Waals surface area contributed by atoms with Gasteiger partial charge in [0.05, 0.1) is 42.2 Å². The summed E-state index contributed by atoms with van der Waals surface area (Å²) in [6.07, 6.45) is 1.74. The molecule has 0 saturated heterocycles. The van der Waals surface area contributed by atoms with Gasteiger partial charge in [0.1, 0.15) is 0 Å². The highest BCUT2D eigenvalue weighted by Crippen LogP contribution is 2.36. The first-order valence-electron chi connectivity index (χ1n) is 11.1. The second-order valence-corrected chi connectivity index (χ2v) is 9.08. The van der Waals surface area contributed by atoms with Crippen molar-refractivity contribution < 1.29 is 19.0 Å². The highest BCUT2D eigenvalue weighted by molar-refractivity contribution is 7.07. The Labute approximate surface area is 211 Å². The Kier molecular flexibility index (Phi) is 7.42. The minimum atomic E-state index is -0.746. The average molecular weight is 513 g/mol. The molecule has 1 aromatic heterocycles.